The molecule has 18 heavy (non-hydrogen) atoms. The Hall–Kier alpha value is -2.16. The third-order valence-electron chi connectivity index (χ3n) is 3.25. The van der Waals surface area contributed by atoms with Crippen molar-refractivity contribution in [3.8, 4) is 0 Å². The highest BCUT2D eigenvalue weighted by molar-refractivity contribution is 5.94. The van der Waals surface area contributed by atoms with Crippen LogP contribution in [0.15, 0.2) is 30.6 Å². The molecule has 1 aromatic carbocycles. The van der Waals surface area contributed by atoms with E-state index in [2.05, 4.69) is 4.98 Å². The van der Waals surface area contributed by atoms with Gasteiger partial charge in [0.1, 0.15) is 11.5 Å². The smallest absolute Gasteiger partial charge is 0.145 e. The van der Waals surface area contributed by atoms with Gasteiger partial charge in [-0.15, -0.1) is 0 Å². The van der Waals surface area contributed by atoms with Gasteiger partial charge in [0, 0.05) is 23.0 Å². The average molecular weight is 240 g/mol. The average Bonchev–Trinajstić information content (AvgIpc) is 2.85. The maximum atomic E-state index is 13.5. The molecule has 0 saturated carbocycles. The minimum Gasteiger partial charge on any atom is -0.300 e. The van der Waals surface area contributed by atoms with E-state index < -0.39 is 0 Å². The molecule has 0 N–H and O–H groups in total. The molecule has 0 spiro atoms. The van der Waals surface area contributed by atoms with Crippen LogP contribution >= 0.6 is 0 Å². The van der Waals surface area contributed by atoms with Gasteiger partial charge in [0.2, 0.25) is 0 Å². The Labute approximate surface area is 104 Å². The Balaban J connectivity index is 2.79. The van der Waals surface area contributed by atoms with Crippen LogP contribution in [-0.2, 0) is 0 Å². The van der Waals surface area contributed by atoms with E-state index in [1.54, 1.807) is 18.3 Å². The van der Waals surface area contributed by atoms with E-state index in [4.69, 9.17) is 0 Å². The van der Waals surface area contributed by atoms with Gasteiger partial charge in [-0.25, -0.2) is 9.37 Å². The number of hydrogen-bond acceptors (Lipinski definition) is 1. The number of fused-ring (bicyclic) bond motifs is 3. The number of rotatable bonds is 0. The number of pyridine rings is 1. The molecule has 3 heteroatoms. The quantitative estimate of drug-likeness (QED) is 0.589. The van der Waals surface area contributed by atoms with E-state index in [-0.39, 0.29) is 5.82 Å². The number of nitrogens with zero attached hydrogens (tertiary/aromatic N) is 2. The summed E-state index contributed by atoms with van der Waals surface area (Å²) in [6.45, 7) is 3.95. The number of aromatic nitrogens is 2. The fourth-order valence-corrected chi connectivity index (χ4v) is 2.50. The summed E-state index contributed by atoms with van der Waals surface area (Å²) in [5.41, 5.74) is 0.865. The molecular weight excluding hydrogens is 227 g/mol. The molecule has 0 fully saturated rings. The van der Waals surface area contributed by atoms with Crippen LogP contribution in [-0.4, -0.2) is 9.38 Å². The summed E-state index contributed by atoms with van der Waals surface area (Å²) >= 11 is 0. The lowest BCUT2D eigenvalue weighted by Gasteiger charge is -2.05. The summed E-state index contributed by atoms with van der Waals surface area (Å²) in [7, 11) is 0. The molecule has 2 nitrogen and oxygen atoms in total. The van der Waals surface area contributed by atoms with Crippen molar-refractivity contribution in [1.82, 2.24) is 9.38 Å². The molecule has 0 unspecified atom stereocenters. The fourth-order valence-electron chi connectivity index (χ4n) is 2.50. The normalized spacial score (nSPS) is 13.9. The summed E-state index contributed by atoms with van der Waals surface area (Å²) in [5, 5.41) is 3.96. The highest BCUT2D eigenvalue weighted by Gasteiger charge is 2.06. The van der Waals surface area contributed by atoms with Crippen LogP contribution in [0.3, 0.4) is 0 Å². The SMILES string of the molecule is C/C=c1\c(=C/C)n2ccnc2c2ccc(F)cc12. The zero-order valence-corrected chi connectivity index (χ0v) is 10.3. The molecule has 0 atom stereocenters. The van der Waals surface area contributed by atoms with Crippen molar-refractivity contribution in [2.45, 2.75) is 13.8 Å². The van der Waals surface area contributed by atoms with Crippen LogP contribution in [0.1, 0.15) is 13.8 Å². The number of hydrogen-bond donors (Lipinski definition) is 0. The first kappa shape index (κ1) is 11.0. The van der Waals surface area contributed by atoms with Gasteiger partial charge >= 0.3 is 0 Å². The fraction of sp³-hybridized carbons (Fsp3) is 0.133. The summed E-state index contributed by atoms with van der Waals surface area (Å²) in [5.74, 6) is -0.219. The third-order valence-corrected chi connectivity index (χ3v) is 3.25. The number of imidazole rings is 1. The second-order valence-electron chi connectivity index (χ2n) is 4.19. The zero-order valence-electron chi connectivity index (χ0n) is 10.3. The lowest BCUT2D eigenvalue weighted by molar-refractivity contribution is 0.629. The first-order valence-corrected chi connectivity index (χ1v) is 5.93. The molecule has 2 heterocycles. The highest BCUT2D eigenvalue weighted by Crippen LogP contribution is 2.15. The predicted octanol–water partition coefficient (Wildman–Crippen LogP) is 2.23. The highest BCUT2D eigenvalue weighted by atomic mass is 19.1. The largest absolute Gasteiger partial charge is 0.300 e. The van der Waals surface area contributed by atoms with Gasteiger partial charge in [0.05, 0.1) is 5.35 Å². The van der Waals surface area contributed by atoms with Gasteiger partial charge in [-0.2, -0.15) is 0 Å². The van der Waals surface area contributed by atoms with E-state index in [0.717, 1.165) is 27.0 Å². The monoisotopic (exact) mass is 240 g/mol. The second-order valence-corrected chi connectivity index (χ2v) is 4.19. The lowest BCUT2D eigenvalue weighted by Crippen LogP contribution is -2.31. The standard InChI is InChI=1S/C15H13FN2/c1-3-11-13-9-10(16)5-6-12(13)15-17-7-8-18(15)14(11)4-2/h3-9H,1-2H3/b11-3-,14-4+. The Morgan fingerprint density at radius 3 is 2.72 bits per heavy atom. The molecule has 0 amide bonds. The van der Waals surface area contributed by atoms with Gasteiger partial charge in [-0.3, -0.25) is 4.40 Å². The maximum Gasteiger partial charge on any atom is 0.145 e. The van der Waals surface area contributed by atoms with E-state index in [0.29, 0.717) is 0 Å². The molecule has 0 aliphatic carbocycles. The molecule has 0 saturated heterocycles. The number of benzene rings is 1. The molecule has 0 aliphatic rings. The number of halogens is 1. The van der Waals surface area contributed by atoms with Gasteiger partial charge in [-0.1, -0.05) is 12.2 Å². The molecule has 0 aliphatic heterocycles. The zero-order chi connectivity index (χ0) is 12.7. The van der Waals surface area contributed by atoms with Crippen molar-refractivity contribution in [3.05, 3.63) is 47.0 Å². The summed E-state index contributed by atoms with van der Waals surface area (Å²) in [6, 6.07) is 4.84. The van der Waals surface area contributed by atoms with E-state index in [9.17, 15) is 4.39 Å². The lowest BCUT2D eigenvalue weighted by atomic mass is 10.1. The van der Waals surface area contributed by atoms with E-state index in [1.165, 1.54) is 6.07 Å². The van der Waals surface area contributed by atoms with Crippen LogP contribution in [0, 0.1) is 5.82 Å². The Bertz CT molecular complexity index is 859. The third kappa shape index (κ3) is 1.37. The van der Waals surface area contributed by atoms with Gasteiger partial charge in [0.15, 0.2) is 0 Å². The van der Waals surface area contributed by atoms with Crippen LogP contribution in [0.4, 0.5) is 4.39 Å². The first-order valence-electron chi connectivity index (χ1n) is 5.93. The van der Waals surface area contributed by atoms with E-state index >= 15 is 0 Å². The molecule has 0 radical (unpaired) electrons. The molecule has 90 valence electrons. The van der Waals surface area contributed by atoms with Crippen LogP contribution < -0.4 is 10.6 Å². The second kappa shape index (κ2) is 3.95. The van der Waals surface area contributed by atoms with E-state index in [1.807, 2.05) is 36.6 Å². The molecule has 3 rings (SSSR count). The minimum absolute atomic E-state index is 0.219. The van der Waals surface area contributed by atoms with Crippen molar-refractivity contribution in [2.24, 2.45) is 0 Å². The Morgan fingerprint density at radius 1 is 1.17 bits per heavy atom. The van der Waals surface area contributed by atoms with Gasteiger partial charge in [0.25, 0.3) is 0 Å². The van der Waals surface area contributed by atoms with Crippen LogP contribution in [0.5, 0.6) is 0 Å². The Kier molecular flexibility index (Phi) is 2.40. The summed E-state index contributed by atoms with van der Waals surface area (Å²) < 4.78 is 15.5. The van der Waals surface area contributed by atoms with Crippen molar-refractivity contribution in [2.75, 3.05) is 0 Å². The maximum absolute atomic E-state index is 13.5. The summed E-state index contributed by atoms with van der Waals surface area (Å²) in [4.78, 5) is 4.37. The minimum atomic E-state index is -0.219. The van der Waals surface area contributed by atoms with Crippen molar-refractivity contribution >= 4 is 28.6 Å². The molecule has 2 aromatic heterocycles. The van der Waals surface area contributed by atoms with Crippen molar-refractivity contribution in [1.29, 1.82) is 0 Å². The summed E-state index contributed by atoms with van der Waals surface area (Å²) in [6.07, 6.45) is 7.73. The topological polar surface area (TPSA) is 17.3 Å². The molecule has 0 bridgehead atoms. The van der Waals surface area contributed by atoms with Gasteiger partial charge < -0.3 is 0 Å². The van der Waals surface area contributed by atoms with Crippen molar-refractivity contribution < 1.29 is 4.39 Å². The molecular formula is C15H13FN2. The first-order chi connectivity index (χ1) is 8.76. The van der Waals surface area contributed by atoms with Crippen LogP contribution in [0.2, 0.25) is 0 Å². The predicted molar refractivity (Wildman–Crippen MR) is 72.2 cm³/mol. The van der Waals surface area contributed by atoms with Gasteiger partial charge in [-0.05, 0) is 37.4 Å². The van der Waals surface area contributed by atoms with Crippen molar-refractivity contribution in [3.63, 3.8) is 0 Å². The Morgan fingerprint density at radius 2 is 2.00 bits per heavy atom. The van der Waals surface area contributed by atoms with Crippen LogP contribution in [0.25, 0.3) is 28.6 Å². The molecule has 3 aromatic rings.